The molecule has 0 aliphatic carbocycles. The summed E-state index contributed by atoms with van der Waals surface area (Å²) in [5, 5.41) is 10.5. The van der Waals surface area contributed by atoms with Crippen molar-refractivity contribution in [3.63, 3.8) is 0 Å². The number of aromatic amines is 1. The SMILES string of the molecule is CC1(O)CCCN(c2nc(OC3C4CCCN3CCC4)c3[nH]cnc3n2)C1. The van der Waals surface area contributed by atoms with Crippen molar-refractivity contribution in [2.45, 2.75) is 57.3 Å². The zero-order valence-corrected chi connectivity index (χ0v) is 15.9. The van der Waals surface area contributed by atoms with Crippen LogP contribution >= 0.6 is 0 Å². The highest BCUT2D eigenvalue weighted by Crippen LogP contribution is 2.35. The zero-order valence-electron chi connectivity index (χ0n) is 15.9. The van der Waals surface area contributed by atoms with Gasteiger partial charge in [-0.25, -0.2) is 4.98 Å². The first-order valence-electron chi connectivity index (χ1n) is 10.2. The van der Waals surface area contributed by atoms with E-state index in [1.165, 1.54) is 25.7 Å². The van der Waals surface area contributed by atoms with E-state index in [1.54, 1.807) is 6.33 Å². The highest BCUT2D eigenvalue weighted by molar-refractivity contribution is 5.77. The Labute approximate surface area is 159 Å². The van der Waals surface area contributed by atoms with Crippen LogP contribution in [0.4, 0.5) is 5.95 Å². The molecule has 27 heavy (non-hydrogen) atoms. The first kappa shape index (κ1) is 17.2. The van der Waals surface area contributed by atoms with Gasteiger partial charge < -0.3 is 19.7 Å². The van der Waals surface area contributed by atoms with Crippen molar-refractivity contribution in [3.8, 4) is 5.88 Å². The third-order valence-corrected chi connectivity index (χ3v) is 6.23. The van der Waals surface area contributed by atoms with Crippen LogP contribution < -0.4 is 9.64 Å². The largest absolute Gasteiger partial charge is 0.456 e. The molecule has 5 heterocycles. The Bertz CT molecular complexity index is 800. The molecule has 0 aromatic carbocycles. The number of aliphatic hydroxyl groups is 1. The first-order valence-corrected chi connectivity index (χ1v) is 10.2. The number of aromatic nitrogens is 4. The molecule has 8 heteroatoms. The van der Waals surface area contributed by atoms with Gasteiger partial charge in [-0.2, -0.15) is 9.97 Å². The van der Waals surface area contributed by atoms with E-state index in [1.807, 2.05) is 11.8 Å². The van der Waals surface area contributed by atoms with E-state index in [0.717, 1.165) is 38.0 Å². The normalized spacial score (nSPS) is 34.0. The predicted molar refractivity (Wildman–Crippen MR) is 102 cm³/mol. The molecule has 146 valence electrons. The summed E-state index contributed by atoms with van der Waals surface area (Å²) < 4.78 is 6.49. The summed E-state index contributed by atoms with van der Waals surface area (Å²) in [5.41, 5.74) is 0.665. The second kappa shape index (κ2) is 6.60. The van der Waals surface area contributed by atoms with E-state index < -0.39 is 5.60 Å². The Balaban J connectivity index is 1.47. The van der Waals surface area contributed by atoms with Crippen LogP contribution in [0.25, 0.3) is 11.2 Å². The van der Waals surface area contributed by atoms with Gasteiger partial charge in [0.05, 0.1) is 11.9 Å². The maximum absolute atomic E-state index is 10.5. The van der Waals surface area contributed by atoms with Crippen LogP contribution in [0.15, 0.2) is 6.33 Å². The Hall–Kier alpha value is -1.93. The molecule has 5 rings (SSSR count). The lowest BCUT2D eigenvalue weighted by Crippen LogP contribution is -2.52. The first-order chi connectivity index (χ1) is 13.1. The van der Waals surface area contributed by atoms with E-state index in [2.05, 4.69) is 19.9 Å². The van der Waals surface area contributed by atoms with Gasteiger partial charge >= 0.3 is 0 Å². The molecule has 2 unspecified atom stereocenters. The lowest BCUT2D eigenvalue weighted by molar-refractivity contribution is -0.0742. The van der Waals surface area contributed by atoms with E-state index in [-0.39, 0.29) is 6.23 Å². The van der Waals surface area contributed by atoms with Crippen molar-refractivity contribution in [1.82, 2.24) is 24.8 Å². The van der Waals surface area contributed by atoms with Gasteiger partial charge in [-0.15, -0.1) is 0 Å². The second-order valence-corrected chi connectivity index (χ2v) is 8.54. The van der Waals surface area contributed by atoms with Gasteiger partial charge in [-0.1, -0.05) is 0 Å². The average Bonchev–Trinajstić information content (AvgIpc) is 3.09. The molecular weight excluding hydrogens is 344 g/mol. The molecule has 0 saturated carbocycles. The Morgan fingerprint density at radius 3 is 2.74 bits per heavy atom. The van der Waals surface area contributed by atoms with Crippen molar-refractivity contribution >= 4 is 17.1 Å². The van der Waals surface area contributed by atoms with Crippen LogP contribution in [-0.2, 0) is 0 Å². The number of β-amino-alcohol motifs (C(OH)–C–C–N with tert-alkyl or cyclic N) is 1. The van der Waals surface area contributed by atoms with Gasteiger partial charge in [0.2, 0.25) is 11.8 Å². The topological polar surface area (TPSA) is 90.4 Å². The predicted octanol–water partition coefficient (Wildman–Crippen LogP) is 1.91. The second-order valence-electron chi connectivity index (χ2n) is 8.54. The van der Waals surface area contributed by atoms with Crippen molar-refractivity contribution in [1.29, 1.82) is 0 Å². The quantitative estimate of drug-likeness (QED) is 0.850. The molecule has 0 radical (unpaired) electrons. The van der Waals surface area contributed by atoms with Crippen LogP contribution in [0.5, 0.6) is 5.88 Å². The van der Waals surface area contributed by atoms with Gasteiger partial charge in [-0.3, -0.25) is 4.90 Å². The summed E-state index contributed by atoms with van der Waals surface area (Å²) in [6, 6.07) is 0. The molecule has 3 aliphatic rings. The molecule has 2 aromatic heterocycles. The maximum Gasteiger partial charge on any atom is 0.246 e. The molecule has 2 bridgehead atoms. The van der Waals surface area contributed by atoms with Crippen LogP contribution in [0.2, 0.25) is 0 Å². The molecule has 2 N–H and O–H groups in total. The smallest absolute Gasteiger partial charge is 0.246 e. The molecule has 0 spiro atoms. The van der Waals surface area contributed by atoms with Crippen molar-refractivity contribution in [2.24, 2.45) is 5.92 Å². The summed E-state index contributed by atoms with van der Waals surface area (Å²) >= 11 is 0. The highest BCUT2D eigenvalue weighted by Gasteiger charge is 2.37. The molecule has 0 amide bonds. The van der Waals surface area contributed by atoms with E-state index >= 15 is 0 Å². The molecule has 3 aliphatic heterocycles. The zero-order chi connectivity index (χ0) is 18.4. The average molecular weight is 372 g/mol. The van der Waals surface area contributed by atoms with Crippen molar-refractivity contribution in [3.05, 3.63) is 6.33 Å². The Morgan fingerprint density at radius 2 is 2.00 bits per heavy atom. The monoisotopic (exact) mass is 372 g/mol. The minimum atomic E-state index is -0.713. The van der Waals surface area contributed by atoms with Gasteiger partial charge in [-0.05, 0) is 45.4 Å². The van der Waals surface area contributed by atoms with Gasteiger partial charge in [0.25, 0.3) is 0 Å². The van der Waals surface area contributed by atoms with Gasteiger partial charge in [0, 0.05) is 32.1 Å². The number of hydrogen-bond acceptors (Lipinski definition) is 7. The number of fused-ring (bicyclic) bond motifs is 3. The molecule has 2 atom stereocenters. The summed E-state index contributed by atoms with van der Waals surface area (Å²) in [7, 11) is 0. The summed E-state index contributed by atoms with van der Waals surface area (Å²) in [4.78, 5) is 21.4. The molecule has 8 nitrogen and oxygen atoms in total. The van der Waals surface area contributed by atoms with E-state index in [9.17, 15) is 5.11 Å². The summed E-state index contributed by atoms with van der Waals surface area (Å²) in [6.07, 6.45) is 8.40. The molecular formula is C19H28N6O2. The number of nitrogens with zero attached hydrogens (tertiary/aromatic N) is 5. The Morgan fingerprint density at radius 1 is 1.19 bits per heavy atom. The maximum atomic E-state index is 10.5. The number of H-pyrrole nitrogens is 1. The van der Waals surface area contributed by atoms with E-state index in [0.29, 0.717) is 29.9 Å². The molecule has 2 aromatic rings. The third kappa shape index (κ3) is 3.25. The van der Waals surface area contributed by atoms with Crippen LogP contribution in [-0.4, -0.2) is 68.0 Å². The van der Waals surface area contributed by atoms with Crippen LogP contribution in [0, 0.1) is 5.92 Å². The minimum Gasteiger partial charge on any atom is -0.456 e. The summed E-state index contributed by atoms with van der Waals surface area (Å²) in [5.74, 6) is 1.75. The number of anilines is 1. The van der Waals surface area contributed by atoms with Crippen LogP contribution in [0.1, 0.15) is 45.4 Å². The number of rotatable bonds is 3. The molecule has 3 saturated heterocycles. The van der Waals surface area contributed by atoms with Crippen LogP contribution in [0.3, 0.4) is 0 Å². The van der Waals surface area contributed by atoms with Crippen molar-refractivity contribution in [2.75, 3.05) is 31.1 Å². The fourth-order valence-corrected chi connectivity index (χ4v) is 4.91. The standard InChI is InChI=1S/C19H28N6O2/c1-19(26)7-4-10-25(11-19)18-22-15-14(20-12-21-15)16(23-18)27-17-13-5-2-8-24(17)9-3-6-13/h12-13,17,26H,2-11H2,1H3,(H,20,21,22,23). The lowest BCUT2D eigenvalue weighted by Gasteiger charge is -2.44. The van der Waals surface area contributed by atoms with Gasteiger partial charge in [0.1, 0.15) is 5.52 Å². The number of piperidine rings is 3. The molecule has 3 fully saturated rings. The highest BCUT2D eigenvalue weighted by atomic mass is 16.5. The van der Waals surface area contributed by atoms with Crippen molar-refractivity contribution < 1.29 is 9.84 Å². The lowest BCUT2D eigenvalue weighted by atomic mass is 9.87. The number of imidazole rings is 1. The number of nitrogens with one attached hydrogen (secondary N) is 1. The minimum absolute atomic E-state index is 0.0891. The van der Waals surface area contributed by atoms with E-state index in [4.69, 9.17) is 9.72 Å². The summed E-state index contributed by atoms with van der Waals surface area (Å²) in [6.45, 7) is 5.44. The Kier molecular flexibility index (Phi) is 4.20. The fraction of sp³-hybridized carbons (Fsp3) is 0.737. The number of ether oxygens (including phenoxy) is 1. The number of hydrogen-bond donors (Lipinski definition) is 2. The van der Waals surface area contributed by atoms with Gasteiger partial charge in [0.15, 0.2) is 11.9 Å². The fourth-order valence-electron chi connectivity index (χ4n) is 4.91. The third-order valence-electron chi connectivity index (χ3n) is 6.23.